The lowest BCUT2D eigenvalue weighted by molar-refractivity contribution is -0.155. The minimum atomic E-state index is -1.07. The summed E-state index contributed by atoms with van der Waals surface area (Å²) in [5.41, 5.74) is 11.0. The Bertz CT molecular complexity index is 2830. The van der Waals surface area contributed by atoms with Crippen LogP contribution in [0, 0.1) is 11.3 Å². The van der Waals surface area contributed by atoms with E-state index in [9.17, 15) is 19.2 Å². The fourth-order valence-electron chi connectivity index (χ4n) is 9.75. The van der Waals surface area contributed by atoms with Crippen LogP contribution in [0.1, 0.15) is 70.6 Å². The maximum absolute atomic E-state index is 14.7. The summed E-state index contributed by atoms with van der Waals surface area (Å²) in [6.45, 7) is 11.6. The van der Waals surface area contributed by atoms with Gasteiger partial charge in [-0.1, -0.05) is 58.0 Å². The number of pyridine rings is 1. The number of rotatable bonds is 15. The minimum absolute atomic E-state index is 0.0377. The predicted molar refractivity (Wildman–Crippen MR) is 275 cm³/mol. The van der Waals surface area contributed by atoms with Gasteiger partial charge in [0.15, 0.2) is 17.2 Å². The molecule has 17 nitrogen and oxygen atoms in total. The quantitative estimate of drug-likeness (QED) is 0.0778. The van der Waals surface area contributed by atoms with Gasteiger partial charge in [0.05, 0.1) is 52.8 Å². The molecule has 0 aliphatic carbocycles. The van der Waals surface area contributed by atoms with E-state index in [1.807, 2.05) is 44.3 Å². The van der Waals surface area contributed by atoms with Gasteiger partial charge in [0.2, 0.25) is 11.8 Å². The maximum atomic E-state index is 14.7. The van der Waals surface area contributed by atoms with Crippen molar-refractivity contribution in [2.24, 2.45) is 21.3 Å². The first-order valence-corrected chi connectivity index (χ1v) is 24.5. The van der Waals surface area contributed by atoms with Crippen LogP contribution in [0.4, 0.5) is 5.69 Å². The topological polar surface area (TPSA) is 188 Å². The van der Waals surface area contributed by atoms with Crippen molar-refractivity contribution >= 4 is 46.3 Å². The second-order valence-corrected chi connectivity index (χ2v) is 19.4. The van der Waals surface area contributed by atoms with Crippen LogP contribution in [-0.4, -0.2) is 122 Å². The molecule has 3 amide bonds. The molecule has 1 unspecified atom stereocenters. The molecule has 1 saturated heterocycles. The summed E-state index contributed by atoms with van der Waals surface area (Å²) < 4.78 is 30.3. The number of amides is 3. The molecule has 0 saturated carbocycles. The molecule has 382 valence electrons. The highest BCUT2D eigenvalue weighted by atomic mass is 16.5. The number of fused-ring (bicyclic) bond motifs is 6. The Kier molecular flexibility index (Phi) is 17.2. The number of hydrazine groups is 1. The third-order valence-electron chi connectivity index (χ3n) is 13.3. The number of esters is 1. The van der Waals surface area contributed by atoms with Crippen LogP contribution in [0.5, 0.6) is 17.2 Å². The molecule has 2 N–H and O–H groups in total. The van der Waals surface area contributed by atoms with Crippen molar-refractivity contribution in [1.82, 2.24) is 30.2 Å². The Morgan fingerprint density at radius 1 is 1.01 bits per heavy atom. The molecule has 7 rings (SSSR count). The number of hydrogen-bond acceptors (Lipinski definition) is 13. The van der Waals surface area contributed by atoms with Crippen molar-refractivity contribution in [3.8, 4) is 39.6 Å². The molecule has 3 aromatic carbocycles. The number of nitrogens with one attached hydrogen (secondary N) is 2. The van der Waals surface area contributed by atoms with E-state index in [1.165, 1.54) is 31.2 Å². The predicted octanol–water partition coefficient (Wildman–Crippen LogP) is 7.59. The largest absolute Gasteiger partial charge is 0.496 e. The number of likely N-dealkylation sites (N-methyl/N-ethyl adjacent to an activating group) is 1. The number of methoxy groups -OCH3 is 4. The van der Waals surface area contributed by atoms with Crippen molar-refractivity contribution < 1.29 is 42.9 Å². The Labute approximate surface area is 421 Å². The zero-order valence-electron chi connectivity index (χ0n) is 43.2. The Hall–Kier alpha value is -7.07. The smallest absolute Gasteiger partial charge is 0.324 e. The van der Waals surface area contributed by atoms with Crippen molar-refractivity contribution in [2.45, 2.75) is 98.0 Å². The van der Waals surface area contributed by atoms with Gasteiger partial charge in [0.25, 0.3) is 5.91 Å². The zero-order valence-corrected chi connectivity index (χ0v) is 43.2. The fraction of sp³-hybridized carbons (Fsp3) is 0.455. The van der Waals surface area contributed by atoms with Gasteiger partial charge < -0.3 is 38.5 Å². The summed E-state index contributed by atoms with van der Waals surface area (Å²) in [6.07, 6.45) is 5.37. The van der Waals surface area contributed by atoms with Crippen molar-refractivity contribution in [3.05, 3.63) is 89.7 Å². The third kappa shape index (κ3) is 11.8. The lowest BCUT2D eigenvalue weighted by atomic mass is 9.84. The molecule has 0 spiro atoms. The molecule has 0 radical (unpaired) electrons. The van der Waals surface area contributed by atoms with Gasteiger partial charge in [-0.05, 0) is 78.1 Å². The Morgan fingerprint density at radius 3 is 2.46 bits per heavy atom. The summed E-state index contributed by atoms with van der Waals surface area (Å²) in [5, 5.41) is 5.55. The average molecular weight is 985 g/mol. The van der Waals surface area contributed by atoms with E-state index in [0.717, 1.165) is 50.0 Å². The first kappa shape index (κ1) is 52.7. The van der Waals surface area contributed by atoms with Gasteiger partial charge in [-0.15, -0.1) is 0 Å². The van der Waals surface area contributed by atoms with Crippen molar-refractivity contribution in [1.29, 1.82) is 0 Å². The van der Waals surface area contributed by atoms with E-state index in [1.54, 1.807) is 32.5 Å². The highest BCUT2D eigenvalue weighted by Crippen LogP contribution is 2.42. The molecule has 6 bridgehead atoms. The number of ether oxygens (including phenoxy) is 5. The van der Waals surface area contributed by atoms with Crippen LogP contribution in [0.15, 0.2) is 83.0 Å². The molecule has 2 aliphatic heterocycles. The van der Waals surface area contributed by atoms with E-state index in [4.69, 9.17) is 23.7 Å². The first-order valence-electron chi connectivity index (χ1n) is 24.5. The summed E-state index contributed by atoms with van der Waals surface area (Å²) in [6, 6.07) is 19.6. The van der Waals surface area contributed by atoms with Gasteiger partial charge in [0.1, 0.15) is 23.9 Å². The lowest BCUT2D eigenvalue weighted by Crippen LogP contribution is -2.62. The van der Waals surface area contributed by atoms with E-state index in [2.05, 4.69) is 81.3 Å². The standard InChI is InChI=1S/C55H68N8O9/c1-11-62-45-18-17-37-26-40(45)41(51(62)42-30-56-21-19-38(42)31-68-7)29-55(4,5)32-72-54(67)43-16-13-23-63(60-43)53(66)44(25-35-14-12-15-36(37)24-35)59-52(65)50(34(2)3)61(6)48(64)20-22-57-33-58-49-46(70-9)27-39(69-8)28-47(49)71-10/h12,14-15,17-19,21,24,26-28,30,34,43-44,50,60H,11,13,16,20,22-23,25,29,31-32H2,1-10H3,(H,59,65)/t43-,44-,50?/m0/s1. The number of carbonyl (C=O) groups excluding carboxylic acids is 4. The number of benzene rings is 3. The SMILES string of the molecule is CCn1c(-c2cnccc2COC)c2c3cc(ccc31)-c1cccc(c1)C[C@H](NC(=O)C(C(C)C)N(C)C(=O)CCN=C=Nc1c(OC)cc(OC)cc1OC)C(=O)N1CCC[C@H](N1)C(=O)OCC(C)(C)C2. The lowest BCUT2D eigenvalue weighted by Gasteiger charge is -2.36. The van der Waals surface area contributed by atoms with E-state index < -0.39 is 41.3 Å². The molecule has 4 heterocycles. The first-order chi connectivity index (χ1) is 34.6. The number of aryl methyl sites for hydroxylation is 1. The molecule has 5 aromatic rings. The van der Waals surface area contributed by atoms with E-state index in [0.29, 0.717) is 61.9 Å². The normalized spacial score (nSPS) is 17.3. The molecular formula is C55H68N8O9. The Morgan fingerprint density at radius 2 is 1.76 bits per heavy atom. The molecule has 1 fully saturated rings. The van der Waals surface area contributed by atoms with Crippen LogP contribution in [-0.2, 0) is 54.6 Å². The van der Waals surface area contributed by atoms with Crippen molar-refractivity contribution in [3.63, 3.8) is 0 Å². The highest BCUT2D eigenvalue weighted by Gasteiger charge is 2.37. The van der Waals surface area contributed by atoms with Crippen LogP contribution in [0.2, 0.25) is 0 Å². The minimum Gasteiger partial charge on any atom is -0.496 e. The number of aliphatic imine (C=N–C) groups is 2. The second-order valence-electron chi connectivity index (χ2n) is 19.4. The Balaban J connectivity index is 1.20. The van der Waals surface area contributed by atoms with E-state index >= 15 is 0 Å². The molecule has 72 heavy (non-hydrogen) atoms. The molecule has 17 heteroatoms. The molecule has 3 atom stereocenters. The number of cyclic esters (lactones) is 1. The van der Waals surface area contributed by atoms with E-state index in [-0.39, 0.29) is 37.8 Å². The average Bonchev–Trinajstić information content (AvgIpc) is 3.68. The number of aromatic nitrogens is 2. The molecule has 2 aromatic heterocycles. The summed E-state index contributed by atoms with van der Waals surface area (Å²) in [7, 11) is 7.79. The fourth-order valence-corrected chi connectivity index (χ4v) is 9.75. The van der Waals surface area contributed by atoms with Gasteiger partial charge in [-0.3, -0.25) is 29.2 Å². The molecular weight excluding hydrogens is 917 g/mol. The van der Waals surface area contributed by atoms with Crippen LogP contribution >= 0.6 is 0 Å². The van der Waals surface area contributed by atoms with Gasteiger partial charge >= 0.3 is 5.97 Å². The highest BCUT2D eigenvalue weighted by molar-refractivity contribution is 5.96. The zero-order chi connectivity index (χ0) is 51.7. The second kappa shape index (κ2) is 23.4. The van der Waals surface area contributed by atoms with Gasteiger partial charge in [-0.2, -0.15) is 4.99 Å². The van der Waals surface area contributed by atoms with Crippen LogP contribution in [0.3, 0.4) is 0 Å². The third-order valence-corrected chi connectivity index (χ3v) is 13.3. The van der Waals surface area contributed by atoms with Crippen LogP contribution < -0.4 is 25.0 Å². The van der Waals surface area contributed by atoms with Gasteiger partial charge in [-0.25, -0.2) is 10.4 Å². The van der Waals surface area contributed by atoms with Crippen LogP contribution in [0.25, 0.3) is 33.3 Å². The number of nitrogens with zero attached hydrogens (tertiary/aromatic N) is 6. The number of carbonyl (C=O) groups is 4. The summed E-state index contributed by atoms with van der Waals surface area (Å²) in [4.78, 5) is 71.4. The van der Waals surface area contributed by atoms with Gasteiger partial charge in [0, 0.05) is 86.5 Å². The number of hydrogen-bond donors (Lipinski definition) is 2. The summed E-state index contributed by atoms with van der Waals surface area (Å²) in [5.74, 6) is -0.720. The van der Waals surface area contributed by atoms with Crippen molar-refractivity contribution in [2.75, 3.05) is 55.2 Å². The maximum Gasteiger partial charge on any atom is 0.324 e. The molecule has 2 aliphatic rings. The summed E-state index contributed by atoms with van der Waals surface area (Å²) >= 11 is 0. The monoisotopic (exact) mass is 985 g/mol.